The molecule has 1 aliphatic rings. The van der Waals surface area contributed by atoms with Gasteiger partial charge in [0.05, 0.1) is 16.7 Å². The van der Waals surface area contributed by atoms with Crippen LogP contribution in [0.1, 0.15) is 18.2 Å². The minimum atomic E-state index is -4.33. The van der Waals surface area contributed by atoms with Crippen LogP contribution in [-0.2, 0) is 14.6 Å². The predicted octanol–water partition coefficient (Wildman–Crippen LogP) is -0.973. The second kappa shape index (κ2) is 8.22. The fourth-order valence-electron chi connectivity index (χ4n) is 3.33. The van der Waals surface area contributed by atoms with Crippen molar-refractivity contribution < 1.29 is 32.5 Å². The molecule has 1 aliphatic heterocycles. The van der Waals surface area contributed by atoms with E-state index < -0.39 is 57.0 Å². The summed E-state index contributed by atoms with van der Waals surface area (Å²) in [5, 5.41) is 24.3. The standard InChI is InChI=1S/C18H18N4O9S/c1-10-8-21(18(25)19-15(10)24)14-7-12(13(9-23)29-14)30-16-17(22(26)31-20-16)32(27,28)11-5-3-2-4-6-11/h2-6,8,12-14,23H,7,9H2,1H3,(H,19,24,25)/t12-,13+,14+/m0/s1. The number of nitrogens with zero attached hydrogens (tertiary/aromatic N) is 3. The third-order valence-electron chi connectivity index (χ3n) is 4.93. The third kappa shape index (κ3) is 3.79. The molecular weight excluding hydrogens is 448 g/mol. The molecule has 3 atom stereocenters. The molecule has 0 aliphatic carbocycles. The van der Waals surface area contributed by atoms with Crippen molar-refractivity contribution in [1.82, 2.24) is 14.7 Å². The Balaban J connectivity index is 1.65. The van der Waals surface area contributed by atoms with Gasteiger partial charge in [-0.25, -0.2) is 13.2 Å². The number of nitrogens with one attached hydrogen (secondary N) is 1. The van der Waals surface area contributed by atoms with Gasteiger partial charge >= 0.3 is 16.6 Å². The molecule has 32 heavy (non-hydrogen) atoms. The number of aliphatic hydroxyl groups is 1. The van der Waals surface area contributed by atoms with E-state index in [1.807, 2.05) is 0 Å². The lowest BCUT2D eigenvalue weighted by atomic mass is 10.2. The van der Waals surface area contributed by atoms with Crippen LogP contribution in [0.25, 0.3) is 0 Å². The first-order valence-electron chi connectivity index (χ1n) is 9.37. The van der Waals surface area contributed by atoms with Gasteiger partial charge < -0.3 is 19.8 Å². The van der Waals surface area contributed by atoms with E-state index in [2.05, 4.69) is 14.8 Å². The molecule has 0 spiro atoms. The second-order valence-corrected chi connectivity index (χ2v) is 8.90. The molecule has 3 heterocycles. The van der Waals surface area contributed by atoms with Crippen LogP contribution in [0.15, 0.2) is 60.7 Å². The highest BCUT2D eigenvalue weighted by Crippen LogP contribution is 2.33. The first-order valence-corrected chi connectivity index (χ1v) is 10.9. The molecule has 0 amide bonds. The van der Waals surface area contributed by atoms with E-state index in [1.54, 1.807) is 6.07 Å². The molecule has 0 radical (unpaired) electrons. The van der Waals surface area contributed by atoms with Crippen LogP contribution in [0, 0.1) is 12.1 Å². The smallest absolute Gasteiger partial charge is 0.415 e. The Labute approximate surface area is 179 Å². The lowest BCUT2D eigenvalue weighted by Crippen LogP contribution is -2.33. The van der Waals surface area contributed by atoms with Gasteiger partial charge in [0.2, 0.25) is 0 Å². The van der Waals surface area contributed by atoms with Gasteiger partial charge in [-0.1, -0.05) is 18.2 Å². The maximum absolute atomic E-state index is 12.9. The Kier molecular flexibility index (Phi) is 5.58. The minimum absolute atomic E-state index is 0.0207. The normalized spacial score (nSPS) is 21.0. The predicted molar refractivity (Wildman–Crippen MR) is 103 cm³/mol. The Morgan fingerprint density at radius 3 is 2.75 bits per heavy atom. The number of aromatic nitrogens is 4. The Bertz CT molecular complexity index is 1350. The second-order valence-electron chi connectivity index (χ2n) is 7.04. The van der Waals surface area contributed by atoms with Crippen LogP contribution in [-0.4, -0.2) is 47.0 Å². The fourth-order valence-corrected chi connectivity index (χ4v) is 4.61. The van der Waals surface area contributed by atoms with Crippen LogP contribution in [0.4, 0.5) is 0 Å². The van der Waals surface area contributed by atoms with E-state index in [9.17, 15) is 28.3 Å². The first kappa shape index (κ1) is 21.7. The summed E-state index contributed by atoms with van der Waals surface area (Å²) in [6.07, 6.45) is -1.62. The summed E-state index contributed by atoms with van der Waals surface area (Å²) >= 11 is 0. The molecule has 4 rings (SSSR count). The lowest BCUT2D eigenvalue weighted by Gasteiger charge is -2.15. The summed E-state index contributed by atoms with van der Waals surface area (Å²) in [5.74, 6) is -0.610. The number of benzene rings is 1. The molecule has 0 bridgehead atoms. The molecular formula is C18H18N4O9S. The van der Waals surface area contributed by atoms with Crippen molar-refractivity contribution in [2.75, 3.05) is 6.61 Å². The Hall–Kier alpha value is -3.49. The van der Waals surface area contributed by atoms with Crippen molar-refractivity contribution in [3.8, 4) is 5.88 Å². The van der Waals surface area contributed by atoms with Crippen LogP contribution in [0.2, 0.25) is 0 Å². The number of H-pyrrole nitrogens is 1. The first-order chi connectivity index (χ1) is 15.2. The summed E-state index contributed by atoms with van der Waals surface area (Å²) in [4.78, 5) is 25.5. The van der Waals surface area contributed by atoms with Crippen molar-refractivity contribution in [2.24, 2.45) is 0 Å². The van der Waals surface area contributed by atoms with Crippen molar-refractivity contribution in [1.29, 1.82) is 0 Å². The molecule has 2 N–H and O–H groups in total. The zero-order valence-electron chi connectivity index (χ0n) is 16.6. The van der Waals surface area contributed by atoms with Crippen LogP contribution >= 0.6 is 0 Å². The maximum Gasteiger partial charge on any atom is 0.415 e. The summed E-state index contributed by atoms with van der Waals surface area (Å²) in [6.45, 7) is 0.971. The van der Waals surface area contributed by atoms with E-state index in [1.165, 1.54) is 37.4 Å². The number of aromatic amines is 1. The summed E-state index contributed by atoms with van der Waals surface area (Å²) in [6, 6.07) is 7.16. The molecule has 14 heteroatoms. The molecule has 170 valence electrons. The van der Waals surface area contributed by atoms with E-state index in [0.717, 1.165) is 4.57 Å². The fraction of sp³-hybridized carbons (Fsp3) is 0.333. The quantitative estimate of drug-likeness (QED) is 0.429. The van der Waals surface area contributed by atoms with E-state index in [4.69, 9.17) is 9.47 Å². The number of rotatable bonds is 6. The topological polar surface area (TPSA) is 181 Å². The molecule has 1 saturated heterocycles. The van der Waals surface area contributed by atoms with Gasteiger partial charge in [-0.05, 0) is 24.0 Å². The third-order valence-corrected chi connectivity index (χ3v) is 6.66. The average Bonchev–Trinajstić information content (AvgIpc) is 3.34. The minimum Gasteiger partial charge on any atom is -0.448 e. The SMILES string of the molecule is Cc1cn([C@H]2C[C@H](Oc3no[n+]([O-])c3S(=O)(=O)c3ccccc3)[C@@H](CO)O2)c(=O)[nH]c1=O. The molecule has 1 fully saturated rings. The molecule has 0 saturated carbocycles. The molecule has 3 aromatic rings. The van der Waals surface area contributed by atoms with Gasteiger partial charge in [0.25, 0.3) is 15.4 Å². The molecule has 13 nitrogen and oxygen atoms in total. The summed E-state index contributed by atoms with van der Waals surface area (Å²) < 4.78 is 42.6. The van der Waals surface area contributed by atoms with Gasteiger partial charge in [-0.15, -0.1) is 0 Å². The van der Waals surface area contributed by atoms with Gasteiger partial charge in [0, 0.05) is 18.2 Å². The zero-order valence-corrected chi connectivity index (χ0v) is 17.4. The van der Waals surface area contributed by atoms with Gasteiger partial charge in [-0.3, -0.25) is 19.0 Å². The molecule has 0 unspecified atom stereocenters. The van der Waals surface area contributed by atoms with Gasteiger partial charge in [0.1, 0.15) is 18.4 Å². The highest BCUT2D eigenvalue weighted by Gasteiger charge is 2.43. The zero-order chi connectivity index (χ0) is 23.0. The summed E-state index contributed by atoms with van der Waals surface area (Å²) in [7, 11) is -4.33. The van der Waals surface area contributed by atoms with E-state index in [0.29, 0.717) is 0 Å². The maximum atomic E-state index is 12.9. The number of hydrogen-bond acceptors (Lipinski definition) is 10. The van der Waals surface area contributed by atoms with Gasteiger partial charge in [0.15, 0.2) is 0 Å². The van der Waals surface area contributed by atoms with Crippen LogP contribution in [0.5, 0.6) is 5.88 Å². The molecule has 1 aromatic carbocycles. The lowest BCUT2D eigenvalue weighted by molar-refractivity contribution is -0.832. The Morgan fingerprint density at radius 1 is 1.34 bits per heavy atom. The largest absolute Gasteiger partial charge is 0.448 e. The Morgan fingerprint density at radius 2 is 2.06 bits per heavy atom. The number of sulfone groups is 1. The number of aliphatic hydroxyl groups excluding tert-OH is 1. The number of hydrogen-bond donors (Lipinski definition) is 2. The number of aryl methyl sites for hydroxylation is 1. The van der Waals surface area contributed by atoms with Crippen molar-refractivity contribution in [3.05, 3.63) is 68.1 Å². The highest BCUT2D eigenvalue weighted by molar-refractivity contribution is 7.91. The van der Waals surface area contributed by atoms with Gasteiger partial charge in [-0.2, -0.15) is 0 Å². The average molecular weight is 466 g/mol. The van der Waals surface area contributed by atoms with E-state index in [-0.39, 0.29) is 21.8 Å². The van der Waals surface area contributed by atoms with Crippen molar-refractivity contribution in [2.45, 2.75) is 41.7 Å². The van der Waals surface area contributed by atoms with Crippen LogP contribution < -0.4 is 20.9 Å². The van der Waals surface area contributed by atoms with Crippen LogP contribution in [0.3, 0.4) is 0 Å². The molecule has 2 aromatic heterocycles. The number of ether oxygens (including phenoxy) is 2. The highest BCUT2D eigenvalue weighted by atomic mass is 32.2. The summed E-state index contributed by atoms with van der Waals surface area (Å²) in [5.41, 5.74) is -1.01. The monoisotopic (exact) mass is 466 g/mol. The van der Waals surface area contributed by atoms with Crippen molar-refractivity contribution >= 4 is 9.84 Å². The van der Waals surface area contributed by atoms with Crippen molar-refractivity contribution in [3.63, 3.8) is 0 Å². The van der Waals surface area contributed by atoms with E-state index >= 15 is 0 Å².